The number of fused-ring (bicyclic) bond motifs is 1. The Morgan fingerprint density at radius 1 is 1.06 bits per heavy atom. The van der Waals surface area contributed by atoms with Gasteiger partial charge in [0, 0.05) is 5.56 Å². The number of oxazole rings is 1. The van der Waals surface area contributed by atoms with Crippen molar-refractivity contribution in [3.63, 3.8) is 0 Å². The van der Waals surface area contributed by atoms with Crippen LogP contribution in [-0.2, 0) is 6.42 Å². The molecule has 0 saturated carbocycles. The van der Waals surface area contributed by atoms with Gasteiger partial charge < -0.3 is 4.42 Å². The van der Waals surface area contributed by atoms with E-state index in [1.54, 1.807) is 0 Å². The first-order chi connectivity index (χ1) is 8.36. The van der Waals surface area contributed by atoms with Gasteiger partial charge in [0.2, 0.25) is 5.89 Å². The van der Waals surface area contributed by atoms with Crippen LogP contribution in [0.1, 0.15) is 12.5 Å². The van der Waals surface area contributed by atoms with Crippen LogP contribution in [0, 0.1) is 0 Å². The Bertz CT molecular complexity index is 640. The maximum absolute atomic E-state index is 5.74. The fourth-order valence-corrected chi connectivity index (χ4v) is 1.90. The van der Waals surface area contributed by atoms with Crippen molar-refractivity contribution in [2.45, 2.75) is 13.3 Å². The Balaban J connectivity index is 2.14. The maximum atomic E-state index is 5.74. The van der Waals surface area contributed by atoms with Crippen molar-refractivity contribution in [1.82, 2.24) is 4.98 Å². The monoisotopic (exact) mass is 223 g/mol. The molecule has 3 aromatic rings. The third kappa shape index (κ3) is 1.82. The van der Waals surface area contributed by atoms with E-state index in [1.165, 1.54) is 5.56 Å². The maximum Gasteiger partial charge on any atom is 0.227 e. The molecule has 0 bridgehead atoms. The second kappa shape index (κ2) is 4.06. The first-order valence-corrected chi connectivity index (χ1v) is 5.81. The van der Waals surface area contributed by atoms with Gasteiger partial charge in [-0.15, -0.1) is 0 Å². The van der Waals surface area contributed by atoms with Gasteiger partial charge in [0.05, 0.1) is 0 Å². The van der Waals surface area contributed by atoms with E-state index in [0.717, 1.165) is 23.1 Å². The summed E-state index contributed by atoms with van der Waals surface area (Å²) in [6.45, 7) is 2.14. The van der Waals surface area contributed by atoms with Crippen molar-refractivity contribution in [2.75, 3.05) is 0 Å². The van der Waals surface area contributed by atoms with Gasteiger partial charge in [0.15, 0.2) is 5.58 Å². The quantitative estimate of drug-likeness (QED) is 0.654. The predicted octanol–water partition coefficient (Wildman–Crippen LogP) is 4.06. The first kappa shape index (κ1) is 10.1. The Morgan fingerprint density at radius 2 is 1.88 bits per heavy atom. The van der Waals surface area contributed by atoms with Crippen LogP contribution >= 0.6 is 0 Å². The van der Waals surface area contributed by atoms with Crippen LogP contribution < -0.4 is 0 Å². The first-order valence-electron chi connectivity index (χ1n) is 5.81. The van der Waals surface area contributed by atoms with Crippen LogP contribution in [0.15, 0.2) is 52.9 Å². The molecule has 1 heterocycles. The molecule has 2 heteroatoms. The number of aromatic nitrogens is 1. The molecule has 84 valence electrons. The molecule has 3 rings (SSSR count). The number of hydrogen-bond donors (Lipinski definition) is 0. The zero-order valence-corrected chi connectivity index (χ0v) is 9.68. The van der Waals surface area contributed by atoms with E-state index in [1.807, 2.05) is 36.4 Å². The minimum atomic E-state index is 0.689. The smallest absolute Gasteiger partial charge is 0.227 e. The van der Waals surface area contributed by atoms with E-state index in [0.29, 0.717) is 5.89 Å². The lowest BCUT2D eigenvalue weighted by atomic mass is 10.1. The zero-order valence-electron chi connectivity index (χ0n) is 9.68. The molecule has 0 aliphatic carbocycles. The molecule has 0 spiro atoms. The summed E-state index contributed by atoms with van der Waals surface area (Å²) in [5.41, 5.74) is 4.08. The van der Waals surface area contributed by atoms with Crippen molar-refractivity contribution in [1.29, 1.82) is 0 Å². The van der Waals surface area contributed by atoms with Gasteiger partial charge in [0.1, 0.15) is 5.52 Å². The van der Waals surface area contributed by atoms with Gasteiger partial charge >= 0.3 is 0 Å². The Hall–Kier alpha value is -2.09. The van der Waals surface area contributed by atoms with Crippen LogP contribution in [0.2, 0.25) is 0 Å². The summed E-state index contributed by atoms with van der Waals surface area (Å²) in [6, 6.07) is 16.1. The summed E-state index contributed by atoms with van der Waals surface area (Å²) >= 11 is 0. The third-order valence-corrected chi connectivity index (χ3v) is 2.88. The lowest BCUT2D eigenvalue weighted by molar-refractivity contribution is 0.620. The molecule has 0 amide bonds. The summed E-state index contributed by atoms with van der Waals surface area (Å²) in [5.74, 6) is 0.689. The molecule has 0 aliphatic heterocycles. The molecule has 17 heavy (non-hydrogen) atoms. The van der Waals surface area contributed by atoms with Gasteiger partial charge in [-0.2, -0.15) is 0 Å². The number of aryl methyl sites for hydroxylation is 1. The minimum Gasteiger partial charge on any atom is -0.436 e. The number of rotatable bonds is 2. The second-order valence-corrected chi connectivity index (χ2v) is 4.04. The molecular formula is C15H13NO. The van der Waals surface area contributed by atoms with Crippen LogP contribution in [0.25, 0.3) is 22.6 Å². The van der Waals surface area contributed by atoms with Crippen molar-refractivity contribution in [3.05, 3.63) is 54.1 Å². The minimum absolute atomic E-state index is 0.689. The van der Waals surface area contributed by atoms with Crippen LogP contribution in [-0.4, -0.2) is 4.98 Å². The fraction of sp³-hybridized carbons (Fsp3) is 0.133. The summed E-state index contributed by atoms with van der Waals surface area (Å²) < 4.78 is 5.74. The molecule has 2 nitrogen and oxygen atoms in total. The number of benzene rings is 2. The third-order valence-electron chi connectivity index (χ3n) is 2.88. The normalized spacial score (nSPS) is 10.9. The summed E-state index contributed by atoms with van der Waals surface area (Å²) in [4.78, 5) is 4.52. The van der Waals surface area contributed by atoms with E-state index in [2.05, 4.69) is 24.0 Å². The van der Waals surface area contributed by atoms with Crippen molar-refractivity contribution < 1.29 is 4.42 Å². The largest absolute Gasteiger partial charge is 0.436 e. The molecule has 0 unspecified atom stereocenters. The standard InChI is InChI=1S/C15H13NO/c1-2-11-8-9-14-13(10-11)16-15(17-14)12-6-4-3-5-7-12/h3-10H,2H2,1H3. The summed E-state index contributed by atoms with van der Waals surface area (Å²) in [5, 5.41) is 0. The van der Waals surface area contributed by atoms with Crippen LogP contribution in [0.3, 0.4) is 0 Å². The highest BCUT2D eigenvalue weighted by atomic mass is 16.3. The summed E-state index contributed by atoms with van der Waals surface area (Å²) in [6.07, 6.45) is 1.02. The average Bonchev–Trinajstić information content (AvgIpc) is 2.82. The fourth-order valence-electron chi connectivity index (χ4n) is 1.90. The molecule has 0 atom stereocenters. The molecule has 0 saturated heterocycles. The SMILES string of the molecule is CCc1ccc2oc(-c3ccccc3)nc2c1. The molecule has 2 aromatic carbocycles. The van der Waals surface area contributed by atoms with Crippen LogP contribution in [0.5, 0.6) is 0 Å². The molecule has 0 N–H and O–H groups in total. The lowest BCUT2D eigenvalue weighted by Gasteiger charge is -1.92. The van der Waals surface area contributed by atoms with Gasteiger partial charge in [0.25, 0.3) is 0 Å². The van der Waals surface area contributed by atoms with E-state index in [9.17, 15) is 0 Å². The van der Waals surface area contributed by atoms with E-state index in [-0.39, 0.29) is 0 Å². The van der Waals surface area contributed by atoms with Gasteiger partial charge in [-0.3, -0.25) is 0 Å². The zero-order chi connectivity index (χ0) is 11.7. The highest BCUT2D eigenvalue weighted by Crippen LogP contribution is 2.24. The summed E-state index contributed by atoms with van der Waals surface area (Å²) in [7, 11) is 0. The molecule has 0 aliphatic rings. The molecule has 0 fully saturated rings. The van der Waals surface area contributed by atoms with Gasteiger partial charge in [-0.05, 0) is 36.2 Å². The number of hydrogen-bond acceptors (Lipinski definition) is 2. The van der Waals surface area contributed by atoms with Gasteiger partial charge in [-0.25, -0.2) is 4.98 Å². The highest BCUT2D eigenvalue weighted by Gasteiger charge is 2.07. The van der Waals surface area contributed by atoms with E-state index >= 15 is 0 Å². The average molecular weight is 223 g/mol. The van der Waals surface area contributed by atoms with E-state index < -0.39 is 0 Å². The molecule has 0 radical (unpaired) electrons. The van der Waals surface area contributed by atoms with E-state index in [4.69, 9.17) is 4.42 Å². The number of nitrogens with zero attached hydrogens (tertiary/aromatic N) is 1. The Labute approximate surface area is 99.9 Å². The topological polar surface area (TPSA) is 26.0 Å². The Morgan fingerprint density at radius 3 is 2.65 bits per heavy atom. The highest BCUT2D eigenvalue weighted by molar-refractivity contribution is 5.76. The molecular weight excluding hydrogens is 210 g/mol. The van der Waals surface area contributed by atoms with Gasteiger partial charge in [-0.1, -0.05) is 31.2 Å². The second-order valence-electron chi connectivity index (χ2n) is 4.04. The van der Waals surface area contributed by atoms with Crippen molar-refractivity contribution >= 4 is 11.1 Å². The Kier molecular flexibility index (Phi) is 2.41. The van der Waals surface area contributed by atoms with Crippen molar-refractivity contribution in [3.8, 4) is 11.5 Å². The van der Waals surface area contributed by atoms with Crippen molar-refractivity contribution in [2.24, 2.45) is 0 Å². The lowest BCUT2D eigenvalue weighted by Crippen LogP contribution is -1.78. The molecule has 1 aromatic heterocycles. The predicted molar refractivity (Wildman–Crippen MR) is 68.8 cm³/mol. The van der Waals surface area contributed by atoms with Crippen LogP contribution in [0.4, 0.5) is 0 Å².